The van der Waals surface area contributed by atoms with Gasteiger partial charge in [0.2, 0.25) is 0 Å². The Morgan fingerprint density at radius 1 is 1.18 bits per heavy atom. The fourth-order valence-electron chi connectivity index (χ4n) is 1.24. The third kappa shape index (κ3) is 5.68. The second-order valence-corrected chi connectivity index (χ2v) is 3.86. The number of unbranched alkanes of at least 4 members (excludes halogenated alkanes) is 1. The zero-order valence-electron chi connectivity index (χ0n) is 10.8. The lowest BCUT2D eigenvalue weighted by atomic mass is 9.97. The number of esters is 2. The predicted molar refractivity (Wildman–Crippen MR) is 62.4 cm³/mol. The fourth-order valence-corrected chi connectivity index (χ4v) is 1.24. The first kappa shape index (κ1) is 15.9. The Morgan fingerprint density at radius 3 is 2.29 bits per heavy atom. The highest BCUT2D eigenvalue weighted by molar-refractivity contribution is 5.85. The summed E-state index contributed by atoms with van der Waals surface area (Å²) in [6.07, 6.45) is 1.40. The van der Waals surface area contributed by atoms with Crippen LogP contribution in [0.25, 0.3) is 0 Å². The van der Waals surface area contributed by atoms with Crippen LogP contribution in [0.1, 0.15) is 46.5 Å². The average Bonchev–Trinajstić information content (AvgIpc) is 2.29. The van der Waals surface area contributed by atoms with E-state index in [-0.39, 0.29) is 26.1 Å². The summed E-state index contributed by atoms with van der Waals surface area (Å²) in [5.74, 6) is -1.34. The monoisotopic (exact) mass is 246 g/mol. The minimum absolute atomic E-state index is 0.122. The number of carbonyl (C=O) groups excluding carboxylic acids is 2. The van der Waals surface area contributed by atoms with Crippen molar-refractivity contribution in [2.45, 2.75) is 52.1 Å². The third-order valence-electron chi connectivity index (χ3n) is 2.44. The highest BCUT2D eigenvalue weighted by atomic mass is 16.6. The van der Waals surface area contributed by atoms with Crippen molar-refractivity contribution >= 4 is 11.9 Å². The van der Waals surface area contributed by atoms with Crippen molar-refractivity contribution in [2.75, 3.05) is 13.2 Å². The molecule has 0 saturated heterocycles. The van der Waals surface area contributed by atoms with Gasteiger partial charge < -0.3 is 14.6 Å². The molecule has 5 nitrogen and oxygen atoms in total. The molecule has 0 fully saturated rings. The molecule has 0 radical (unpaired) electrons. The molecule has 0 aliphatic heterocycles. The van der Waals surface area contributed by atoms with Crippen LogP contribution in [0.4, 0.5) is 0 Å². The molecule has 0 aromatic carbocycles. The smallest absolute Gasteiger partial charge is 0.338 e. The van der Waals surface area contributed by atoms with Gasteiger partial charge in [-0.05, 0) is 19.8 Å². The van der Waals surface area contributed by atoms with Gasteiger partial charge in [-0.3, -0.25) is 4.79 Å². The van der Waals surface area contributed by atoms with Crippen LogP contribution in [-0.2, 0) is 19.1 Å². The van der Waals surface area contributed by atoms with Gasteiger partial charge in [0.05, 0.1) is 19.6 Å². The molecule has 5 heteroatoms. The number of ether oxygens (including phenoxy) is 2. The topological polar surface area (TPSA) is 72.8 Å². The largest absolute Gasteiger partial charge is 0.466 e. The zero-order chi connectivity index (χ0) is 13.3. The molecule has 100 valence electrons. The van der Waals surface area contributed by atoms with Crippen molar-refractivity contribution in [3.63, 3.8) is 0 Å². The van der Waals surface area contributed by atoms with Crippen LogP contribution in [0.5, 0.6) is 0 Å². The van der Waals surface area contributed by atoms with E-state index in [9.17, 15) is 14.7 Å². The quantitative estimate of drug-likeness (QED) is 0.518. The van der Waals surface area contributed by atoms with Crippen molar-refractivity contribution in [3.05, 3.63) is 0 Å². The molecule has 0 amide bonds. The molecule has 0 rings (SSSR count). The predicted octanol–water partition coefficient (Wildman–Crippen LogP) is 1.42. The van der Waals surface area contributed by atoms with Crippen LogP contribution >= 0.6 is 0 Å². The Balaban J connectivity index is 4.33. The summed E-state index contributed by atoms with van der Waals surface area (Å²) in [5.41, 5.74) is -1.76. The Kier molecular flexibility index (Phi) is 7.54. The standard InChI is InChI=1S/C12H22O5/c1-4-7-8-17-11(14)12(15,5-2)9-10(13)16-6-3/h15H,4-9H2,1-3H3. The summed E-state index contributed by atoms with van der Waals surface area (Å²) in [7, 11) is 0. The van der Waals surface area contributed by atoms with Crippen LogP contribution in [0, 0.1) is 0 Å². The summed E-state index contributed by atoms with van der Waals surface area (Å²) in [4.78, 5) is 22.9. The van der Waals surface area contributed by atoms with Crippen molar-refractivity contribution in [3.8, 4) is 0 Å². The number of hydrogen-bond acceptors (Lipinski definition) is 5. The van der Waals surface area contributed by atoms with E-state index in [4.69, 9.17) is 9.47 Å². The zero-order valence-corrected chi connectivity index (χ0v) is 10.8. The summed E-state index contributed by atoms with van der Waals surface area (Å²) in [5, 5.41) is 10.0. The maximum atomic E-state index is 11.6. The maximum absolute atomic E-state index is 11.6. The Bertz CT molecular complexity index is 251. The first-order valence-electron chi connectivity index (χ1n) is 6.05. The first-order chi connectivity index (χ1) is 8.00. The molecule has 1 N–H and O–H groups in total. The van der Waals surface area contributed by atoms with E-state index in [2.05, 4.69) is 0 Å². The number of rotatable bonds is 8. The van der Waals surface area contributed by atoms with Crippen molar-refractivity contribution in [1.82, 2.24) is 0 Å². The van der Waals surface area contributed by atoms with E-state index < -0.39 is 17.5 Å². The molecular formula is C12H22O5. The minimum atomic E-state index is -1.76. The average molecular weight is 246 g/mol. The molecule has 0 spiro atoms. The van der Waals surface area contributed by atoms with Crippen LogP contribution in [0.15, 0.2) is 0 Å². The van der Waals surface area contributed by atoms with Gasteiger partial charge in [-0.2, -0.15) is 0 Å². The van der Waals surface area contributed by atoms with E-state index in [0.717, 1.165) is 12.8 Å². The molecule has 17 heavy (non-hydrogen) atoms. The van der Waals surface area contributed by atoms with Gasteiger partial charge in [-0.15, -0.1) is 0 Å². The van der Waals surface area contributed by atoms with Gasteiger partial charge in [-0.25, -0.2) is 4.79 Å². The Hall–Kier alpha value is -1.10. The van der Waals surface area contributed by atoms with Gasteiger partial charge >= 0.3 is 11.9 Å². The number of aliphatic hydroxyl groups is 1. The van der Waals surface area contributed by atoms with Crippen molar-refractivity contribution < 1.29 is 24.2 Å². The molecule has 1 unspecified atom stereocenters. The van der Waals surface area contributed by atoms with E-state index in [0.29, 0.717) is 0 Å². The second-order valence-electron chi connectivity index (χ2n) is 3.86. The van der Waals surface area contributed by atoms with E-state index in [1.807, 2.05) is 6.92 Å². The third-order valence-corrected chi connectivity index (χ3v) is 2.44. The van der Waals surface area contributed by atoms with E-state index in [1.54, 1.807) is 13.8 Å². The molecule has 0 aromatic heterocycles. The normalized spacial score (nSPS) is 13.9. The van der Waals surface area contributed by atoms with Crippen molar-refractivity contribution in [2.24, 2.45) is 0 Å². The lowest BCUT2D eigenvalue weighted by molar-refractivity contribution is -0.172. The van der Waals surface area contributed by atoms with Crippen LogP contribution < -0.4 is 0 Å². The molecule has 0 aromatic rings. The Labute approximate surface area is 102 Å². The van der Waals surface area contributed by atoms with Gasteiger partial charge in [-0.1, -0.05) is 20.3 Å². The first-order valence-corrected chi connectivity index (χ1v) is 6.05. The van der Waals surface area contributed by atoms with Crippen molar-refractivity contribution in [1.29, 1.82) is 0 Å². The van der Waals surface area contributed by atoms with Gasteiger partial charge in [0.25, 0.3) is 0 Å². The van der Waals surface area contributed by atoms with Gasteiger partial charge in [0.15, 0.2) is 5.60 Å². The summed E-state index contributed by atoms with van der Waals surface area (Å²) >= 11 is 0. The highest BCUT2D eigenvalue weighted by Gasteiger charge is 2.38. The van der Waals surface area contributed by atoms with Gasteiger partial charge in [0.1, 0.15) is 0 Å². The molecule has 0 saturated carbocycles. The van der Waals surface area contributed by atoms with Crippen LogP contribution in [0.3, 0.4) is 0 Å². The van der Waals surface area contributed by atoms with E-state index in [1.165, 1.54) is 0 Å². The molecule has 0 aliphatic carbocycles. The summed E-state index contributed by atoms with van der Waals surface area (Å²) in [6, 6.07) is 0. The van der Waals surface area contributed by atoms with E-state index >= 15 is 0 Å². The maximum Gasteiger partial charge on any atom is 0.338 e. The molecule has 1 atom stereocenters. The highest BCUT2D eigenvalue weighted by Crippen LogP contribution is 2.18. The minimum Gasteiger partial charge on any atom is -0.466 e. The Morgan fingerprint density at radius 2 is 1.82 bits per heavy atom. The van der Waals surface area contributed by atoms with Crippen LogP contribution in [-0.4, -0.2) is 35.9 Å². The van der Waals surface area contributed by atoms with Crippen LogP contribution in [0.2, 0.25) is 0 Å². The van der Waals surface area contributed by atoms with Gasteiger partial charge in [0, 0.05) is 0 Å². The number of hydrogen-bond donors (Lipinski definition) is 1. The SMILES string of the molecule is CCCCOC(=O)C(O)(CC)CC(=O)OCC. The fraction of sp³-hybridized carbons (Fsp3) is 0.833. The molecular weight excluding hydrogens is 224 g/mol. The summed E-state index contributed by atoms with van der Waals surface area (Å²) < 4.78 is 9.63. The lowest BCUT2D eigenvalue weighted by Gasteiger charge is -2.23. The molecule has 0 heterocycles. The summed E-state index contributed by atoms with van der Waals surface area (Å²) in [6.45, 7) is 5.76. The molecule has 0 aliphatic rings. The molecule has 0 bridgehead atoms. The second kappa shape index (κ2) is 8.06. The lowest BCUT2D eigenvalue weighted by Crippen LogP contribution is -2.42. The number of carbonyl (C=O) groups is 2.